The van der Waals surface area contributed by atoms with Gasteiger partial charge in [0.05, 0.1) is 0 Å². The van der Waals surface area contributed by atoms with Crippen LogP contribution in [0.3, 0.4) is 0 Å². The minimum Gasteiger partial charge on any atom is -0.368 e. The predicted octanol–water partition coefficient (Wildman–Crippen LogP) is 2.21. The third kappa shape index (κ3) is 3.08. The van der Waals surface area contributed by atoms with Gasteiger partial charge in [0.2, 0.25) is 5.95 Å². The first kappa shape index (κ1) is 11.8. The fourth-order valence-electron chi connectivity index (χ4n) is 1.02. The van der Waals surface area contributed by atoms with Crippen LogP contribution in [-0.4, -0.2) is 16.0 Å². The lowest BCUT2D eigenvalue weighted by molar-refractivity contribution is 0.358. The number of hydrogen-bond acceptors (Lipinski definition) is 4. The second-order valence-electron chi connectivity index (χ2n) is 4.99. The van der Waals surface area contributed by atoms with Crippen molar-refractivity contribution in [2.24, 2.45) is 5.41 Å². The highest BCUT2D eigenvalue weighted by molar-refractivity contribution is 5.45. The Hall–Kier alpha value is -1.32. The van der Waals surface area contributed by atoms with Gasteiger partial charge in [-0.15, -0.1) is 0 Å². The molecule has 0 aliphatic heterocycles. The first-order valence-electron chi connectivity index (χ1n) is 5.16. The van der Waals surface area contributed by atoms with Gasteiger partial charge >= 0.3 is 0 Å². The molecule has 1 rings (SSSR count). The van der Waals surface area contributed by atoms with Crippen LogP contribution in [0.5, 0.6) is 0 Å². The van der Waals surface area contributed by atoms with Crippen molar-refractivity contribution in [3.63, 3.8) is 0 Å². The van der Waals surface area contributed by atoms with Crippen molar-refractivity contribution in [1.29, 1.82) is 0 Å². The molecular weight excluding hydrogens is 188 g/mol. The molecule has 0 unspecified atom stereocenters. The van der Waals surface area contributed by atoms with Gasteiger partial charge in [-0.25, -0.2) is 4.98 Å². The van der Waals surface area contributed by atoms with Crippen LogP contribution >= 0.6 is 0 Å². The number of nitrogens with one attached hydrogen (secondary N) is 1. The number of anilines is 2. The smallest absolute Gasteiger partial charge is 0.221 e. The van der Waals surface area contributed by atoms with Crippen molar-refractivity contribution < 1.29 is 0 Å². The molecule has 1 aromatic heterocycles. The molecule has 4 heteroatoms. The molecule has 0 spiro atoms. The van der Waals surface area contributed by atoms with Crippen LogP contribution in [0.4, 0.5) is 11.8 Å². The lowest BCUT2D eigenvalue weighted by Gasteiger charge is -2.29. The second-order valence-corrected chi connectivity index (χ2v) is 4.99. The Morgan fingerprint density at radius 1 is 1.40 bits per heavy atom. The molecule has 15 heavy (non-hydrogen) atoms. The summed E-state index contributed by atoms with van der Waals surface area (Å²) in [4.78, 5) is 8.12. The van der Waals surface area contributed by atoms with Gasteiger partial charge in [0.25, 0.3) is 0 Å². The lowest BCUT2D eigenvalue weighted by atomic mass is 9.88. The Bertz CT molecular complexity index is 341. The molecule has 0 aliphatic rings. The van der Waals surface area contributed by atoms with Gasteiger partial charge in [0, 0.05) is 17.8 Å². The Balaban J connectivity index is 2.85. The van der Waals surface area contributed by atoms with Gasteiger partial charge < -0.3 is 11.1 Å². The molecule has 0 aromatic carbocycles. The van der Waals surface area contributed by atoms with Crippen molar-refractivity contribution in [3.8, 4) is 0 Å². The van der Waals surface area contributed by atoms with Crippen molar-refractivity contribution >= 4 is 11.8 Å². The Kier molecular flexibility index (Phi) is 3.17. The van der Waals surface area contributed by atoms with Crippen molar-refractivity contribution in [2.45, 2.75) is 40.7 Å². The highest BCUT2D eigenvalue weighted by Gasteiger charge is 2.20. The lowest BCUT2D eigenvalue weighted by Crippen LogP contribution is -2.31. The van der Waals surface area contributed by atoms with Crippen LogP contribution in [0.15, 0.2) is 6.20 Å². The molecule has 0 saturated heterocycles. The van der Waals surface area contributed by atoms with E-state index in [2.05, 4.69) is 43.0 Å². The Morgan fingerprint density at radius 3 is 2.53 bits per heavy atom. The van der Waals surface area contributed by atoms with E-state index in [1.165, 1.54) is 0 Å². The molecule has 3 N–H and O–H groups in total. The fraction of sp³-hybridized carbons (Fsp3) is 0.636. The highest BCUT2D eigenvalue weighted by atomic mass is 15.1. The summed E-state index contributed by atoms with van der Waals surface area (Å²) in [5, 5.41) is 3.36. The summed E-state index contributed by atoms with van der Waals surface area (Å²) in [7, 11) is 0. The Morgan fingerprint density at radius 2 is 2.00 bits per heavy atom. The second kappa shape index (κ2) is 4.04. The van der Waals surface area contributed by atoms with Crippen molar-refractivity contribution in [3.05, 3.63) is 11.8 Å². The Labute approximate surface area is 91.3 Å². The summed E-state index contributed by atoms with van der Waals surface area (Å²) in [6.07, 6.45) is 1.74. The zero-order chi connectivity index (χ0) is 11.6. The number of aryl methyl sites for hydroxylation is 1. The van der Waals surface area contributed by atoms with E-state index in [4.69, 9.17) is 5.73 Å². The number of nitrogens with two attached hydrogens (primary N) is 1. The van der Waals surface area contributed by atoms with E-state index in [1.807, 2.05) is 6.92 Å². The molecule has 1 atom stereocenters. The molecule has 0 bridgehead atoms. The fourth-order valence-corrected chi connectivity index (χ4v) is 1.02. The van der Waals surface area contributed by atoms with E-state index in [-0.39, 0.29) is 5.41 Å². The van der Waals surface area contributed by atoms with Crippen LogP contribution in [0.2, 0.25) is 0 Å². The SMILES string of the molecule is Cc1cnc(N)nc1N[C@@H](C)C(C)(C)C. The molecule has 0 saturated carbocycles. The maximum Gasteiger partial charge on any atom is 0.221 e. The van der Waals surface area contributed by atoms with E-state index in [9.17, 15) is 0 Å². The first-order valence-corrected chi connectivity index (χ1v) is 5.16. The number of aromatic nitrogens is 2. The van der Waals surface area contributed by atoms with Gasteiger partial charge in [-0.2, -0.15) is 4.98 Å². The quantitative estimate of drug-likeness (QED) is 0.782. The maximum absolute atomic E-state index is 5.55. The van der Waals surface area contributed by atoms with Gasteiger partial charge in [-0.1, -0.05) is 20.8 Å². The minimum atomic E-state index is 0.187. The highest BCUT2D eigenvalue weighted by Crippen LogP contribution is 2.23. The van der Waals surface area contributed by atoms with E-state index in [1.54, 1.807) is 6.20 Å². The van der Waals surface area contributed by atoms with Crippen LogP contribution in [0.25, 0.3) is 0 Å². The number of hydrogen-bond donors (Lipinski definition) is 2. The van der Waals surface area contributed by atoms with E-state index in [0.717, 1.165) is 11.4 Å². The zero-order valence-electron chi connectivity index (χ0n) is 10.1. The molecule has 0 aliphatic carbocycles. The third-order valence-electron chi connectivity index (χ3n) is 2.64. The largest absolute Gasteiger partial charge is 0.368 e. The van der Waals surface area contributed by atoms with E-state index >= 15 is 0 Å². The average Bonchev–Trinajstić information content (AvgIpc) is 2.09. The molecule has 1 heterocycles. The van der Waals surface area contributed by atoms with Crippen molar-refractivity contribution in [2.75, 3.05) is 11.1 Å². The summed E-state index contributed by atoms with van der Waals surface area (Å²) in [5.74, 6) is 1.13. The van der Waals surface area contributed by atoms with Crippen LogP contribution < -0.4 is 11.1 Å². The summed E-state index contributed by atoms with van der Waals surface area (Å²) < 4.78 is 0. The minimum absolute atomic E-state index is 0.187. The molecular formula is C11H20N4. The van der Waals surface area contributed by atoms with Crippen LogP contribution in [-0.2, 0) is 0 Å². The topological polar surface area (TPSA) is 63.8 Å². The summed E-state index contributed by atoms with van der Waals surface area (Å²) in [5.41, 5.74) is 6.75. The zero-order valence-corrected chi connectivity index (χ0v) is 10.1. The van der Waals surface area contributed by atoms with Gasteiger partial charge in [-0.05, 0) is 19.3 Å². The molecule has 84 valence electrons. The molecule has 4 nitrogen and oxygen atoms in total. The molecule has 0 fully saturated rings. The van der Waals surface area contributed by atoms with E-state index < -0.39 is 0 Å². The van der Waals surface area contributed by atoms with Gasteiger partial charge in [-0.3, -0.25) is 0 Å². The van der Waals surface area contributed by atoms with Crippen molar-refractivity contribution in [1.82, 2.24) is 9.97 Å². The number of nitrogen functional groups attached to an aromatic ring is 1. The van der Waals surface area contributed by atoms with Gasteiger partial charge in [0.15, 0.2) is 0 Å². The first-order chi connectivity index (χ1) is 6.80. The summed E-state index contributed by atoms with van der Waals surface area (Å²) in [6.45, 7) is 10.7. The molecule has 0 radical (unpaired) electrons. The molecule has 1 aromatic rings. The normalized spacial score (nSPS) is 13.7. The average molecular weight is 208 g/mol. The van der Waals surface area contributed by atoms with Crippen LogP contribution in [0.1, 0.15) is 33.3 Å². The van der Waals surface area contributed by atoms with Gasteiger partial charge in [0.1, 0.15) is 5.82 Å². The van der Waals surface area contributed by atoms with Crippen LogP contribution in [0, 0.1) is 12.3 Å². The van der Waals surface area contributed by atoms with E-state index in [0.29, 0.717) is 12.0 Å². The maximum atomic E-state index is 5.55. The number of rotatable bonds is 2. The number of nitrogens with zero attached hydrogens (tertiary/aromatic N) is 2. The predicted molar refractivity (Wildman–Crippen MR) is 63.7 cm³/mol. The standard InChI is InChI=1S/C11H20N4/c1-7-6-13-10(12)15-9(7)14-8(2)11(3,4)5/h6,8H,1-5H3,(H3,12,13,14,15)/t8-/m0/s1. The third-order valence-corrected chi connectivity index (χ3v) is 2.64. The molecule has 0 amide bonds. The summed E-state index contributed by atoms with van der Waals surface area (Å²) >= 11 is 0. The monoisotopic (exact) mass is 208 g/mol. The summed E-state index contributed by atoms with van der Waals surface area (Å²) in [6, 6.07) is 0.325.